The normalized spacial score (nSPS) is 18.1. The number of likely N-dealkylation sites (tertiary alicyclic amines) is 1. The van der Waals surface area contributed by atoms with E-state index in [9.17, 15) is 19.5 Å². The van der Waals surface area contributed by atoms with E-state index in [2.05, 4.69) is 5.32 Å². The molecule has 7 nitrogen and oxygen atoms in total. The molecule has 3 rings (SSSR count). The Morgan fingerprint density at radius 1 is 1.03 bits per heavy atom. The highest BCUT2D eigenvalue weighted by atomic mass is 16.5. The van der Waals surface area contributed by atoms with E-state index in [-0.39, 0.29) is 30.7 Å². The van der Waals surface area contributed by atoms with Crippen molar-refractivity contribution in [3.8, 4) is 5.75 Å². The van der Waals surface area contributed by atoms with E-state index in [1.54, 1.807) is 0 Å². The third kappa shape index (κ3) is 5.83. The first-order valence-corrected chi connectivity index (χ1v) is 10.1. The van der Waals surface area contributed by atoms with Crippen LogP contribution in [0.2, 0.25) is 0 Å². The minimum Gasteiger partial charge on any atom is -0.494 e. The van der Waals surface area contributed by atoms with Crippen molar-refractivity contribution < 1.29 is 24.2 Å². The lowest BCUT2D eigenvalue weighted by Crippen LogP contribution is -2.45. The van der Waals surface area contributed by atoms with E-state index in [1.165, 1.54) is 4.90 Å². The van der Waals surface area contributed by atoms with Gasteiger partial charge in [0.1, 0.15) is 11.8 Å². The van der Waals surface area contributed by atoms with Gasteiger partial charge >= 0.3 is 5.97 Å². The van der Waals surface area contributed by atoms with Crippen LogP contribution in [-0.2, 0) is 14.4 Å². The average molecular weight is 410 g/mol. The minimum atomic E-state index is -1.02. The quantitative estimate of drug-likeness (QED) is 0.619. The predicted molar refractivity (Wildman–Crippen MR) is 111 cm³/mol. The van der Waals surface area contributed by atoms with Crippen LogP contribution < -0.4 is 10.1 Å². The third-order valence-corrected chi connectivity index (χ3v) is 5.17. The second kappa shape index (κ2) is 10.4. The van der Waals surface area contributed by atoms with Crippen LogP contribution >= 0.6 is 0 Å². The summed E-state index contributed by atoms with van der Waals surface area (Å²) in [6.07, 6.45) is 1.12. The summed E-state index contributed by atoms with van der Waals surface area (Å²) in [5, 5.41) is 12.1. The number of nitrogens with one attached hydrogen (secondary N) is 1. The molecule has 1 aliphatic rings. The van der Waals surface area contributed by atoms with Gasteiger partial charge in [-0.15, -0.1) is 0 Å². The van der Waals surface area contributed by atoms with E-state index >= 15 is 0 Å². The summed E-state index contributed by atoms with van der Waals surface area (Å²) in [6.45, 7) is 0.529. The van der Waals surface area contributed by atoms with Gasteiger partial charge in [0, 0.05) is 18.9 Å². The van der Waals surface area contributed by atoms with Gasteiger partial charge in [0.2, 0.25) is 11.8 Å². The van der Waals surface area contributed by atoms with Gasteiger partial charge in [0.15, 0.2) is 0 Å². The fraction of sp³-hybridized carbons (Fsp3) is 0.348. The van der Waals surface area contributed by atoms with Crippen molar-refractivity contribution in [1.29, 1.82) is 0 Å². The van der Waals surface area contributed by atoms with Crippen LogP contribution in [0, 0.1) is 0 Å². The largest absolute Gasteiger partial charge is 0.494 e. The van der Waals surface area contributed by atoms with Gasteiger partial charge in [-0.05, 0) is 30.5 Å². The zero-order chi connectivity index (χ0) is 21.3. The summed E-state index contributed by atoms with van der Waals surface area (Å²) in [6, 6.07) is 18.0. The Morgan fingerprint density at radius 2 is 1.70 bits per heavy atom. The average Bonchev–Trinajstić information content (AvgIpc) is 3.22. The number of benzene rings is 2. The van der Waals surface area contributed by atoms with Gasteiger partial charge in [-0.2, -0.15) is 0 Å². The molecule has 1 heterocycles. The topological polar surface area (TPSA) is 95.9 Å². The standard InChI is InChI=1S/C23H26N2O5/c26-21(12-7-13-30-19-10-5-2-6-11-19)24-15-22(27)25-16-18(14-20(25)23(28)29)17-8-3-1-4-9-17/h1-6,8-11,18,20H,7,12-16H2,(H,24,26)(H,28,29)/t18?,20-/m1/s1. The van der Waals surface area contributed by atoms with Gasteiger partial charge in [0.05, 0.1) is 13.2 Å². The Morgan fingerprint density at radius 3 is 2.37 bits per heavy atom. The predicted octanol–water partition coefficient (Wildman–Crippen LogP) is 2.43. The molecule has 30 heavy (non-hydrogen) atoms. The molecule has 0 saturated carbocycles. The summed E-state index contributed by atoms with van der Waals surface area (Å²) in [5.74, 6) is -0.941. The summed E-state index contributed by atoms with van der Waals surface area (Å²) in [5.41, 5.74) is 1.02. The van der Waals surface area contributed by atoms with Gasteiger partial charge in [-0.25, -0.2) is 4.79 Å². The Labute approximate surface area is 175 Å². The second-order valence-corrected chi connectivity index (χ2v) is 7.29. The number of rotatable bonds is 9. The minimum absolute atomic E-state index is 0.0258. The van der Waals surface area contributed by atoms with Crippen LogP contribution in [0.3, 0.4) is 0 Å². The second-order valence-electron chi connectivity index (χ2n) is 7.29. The number of hydrogen-bond acceptors (Lipinski definition) is 4. The molecule has 1 saturated heterocycles. The number of aliphatic carboxylic acids is 1. The number of para-hydroxylation sites is 1. The molecule has 0 aliphatic carbocycles. The van der Waals surface area contributed by atoms with Gasteiger partial charge < -0.3 is 20.1 Å². The molecule has 1 unspecified atom stereocenters. The fourth-order valence-corrected chi connectivity index (χ4v) is 3.62. The zero-order valence-electron chi connectivity index (χ0n) is 16.7. The number of carbonyl (C=O) groups is 3. The van der Waals surface area contributed by atoms with Crippen LogP contribution in [0.1, 0.15) is 30.7 Å². The summed E-state index contributed by atoms with van der Waals surface area (Å²) >= 11 is 0. The van der Waals surface area contributed by atoms with Gasteiger partial charge in [-0.1, -0.05) is 48.5 Å². The van der Waals surface area contributed by atoms with Crippen molar-refractivity contribution in [3.63, 3.8) is 0 Å². The number of amides is 2. The van der Waals surface area contributed by atoms with E-state index in [1.807, 2.05) is 60.7 Å². The van der Waals surface area contributed by atoms with Crippen molar-refractivity contribution in [1.82, 2.24) is 10.2 Å². The maximum atomic E-state index is 12.6. The molecule has 2 aromatic carbocycles. The van der Waals surface area contributed by atoms with Gasteiger partial charge in [-0.3, -0.25) is 9.59 Å². The summed E-state index contributed by atoms with van der Waals surface area (Å²) in [7, 11) is 0. The molecule has 0 radical (unpaired) electrons. The van der Waals surface area contributed by atoms with E-state index < -0.39 is 12.0 Å². The lowest BCUT2D eigenvalue weighted by atomic mass is 9.96. The van der Waals surface area contributed by atoms with Crippen molar-refractivity contribution in [2.75, 3.05) is 19.7 Å². The maximum Gasteiger partial charge on any atom is 0.326 e. The number of nitrogens with zero attached hydrogens (tertiary/aromatic N) is 1. The summed E-state index contributed by atoms with van der Waals surface area (Å²) in [4.78, 5) is 37.6. The van der Waals surface area contributed by atoms with Crippen LogP contribution in [-0.4, -0.2) is 53.5 Å². The molecule has 158 valence electrons. The highest BCUT2D eigenvalue weighted by Gasteiger charge is 2.39. The Bertz CT molecular complexity index is 856. The number of carbonyl (C=O) groups excluding carboxylic acids is 2. The highest BCUT2D eigenvalue weighted by Crippen LogP contribution is 2.31. The molecular formula is C23H26N2O5. The Kier molecular flexibility index (Phi) is 7.43. The first-order valence-electron chi connectivity index (χ1n) is 10.1. The maximum absolute atomic E-state index is 12.6. The summed E-state index contributed by atoms with van der Waals surface area (Å²) < 4.78 is 5.54. The Hall–Kier alpha value is -3.35. The molecule has 0 aromatic heterocycles. The molecule has 0 bridgehead atoms. The lowest BCUT2D eigenvalue weighted by Gasteiger charge is -2.21. The highest BCUT2D eigenvalue weighted by molar-refractivity contribution is 5.88. The fourth-order valence-electron chi connectivity index (χ4n) is 3.62. The smallest absolute Gasteiger partial charge is 0.326 e. The zero-order valence-corrected chi connectivity index (χ0v) is 16.7. The molecule has 2 aromatic rings. The lowest BCUT2D eigenvalue weighted by molar-refractivity contribution is -0.148. The number of hydrogen-bond donors (Lipinski definition) is 2. The molecular weight excluding hydrogens is 384 g/mol. The molecule has 2 N–H and O–H groups in total. The van der Waals surface area contributed by atoms with Crippen molar-refractivity contribution in [2.24, 2.45) is 0 Å². The van der Waals surface area contributed by atoms with E-state index in [0.717, 1.165) is 11.3 Å². The molecule has 0 spiro atoms. The van der Waals surface area contributed by atoms with Crippen LogP contribution in [0.5, 0.6) is 5.75 Å². The number of carboxylic acids is 1. The Balaban J connectivity index is 1.43. The molecule has 2 amide bonds. The van der Waals surface area contributed by atoms with E-state index in [4.69, 9.17) is 4.74 Å². The first-order chi connectivity index (χ1) is 14.5. The number of carboxylic acid groups (broad SMARTS) is 1. The van der Waals surface area contributed by atoms with Crippen molar-refractivity contribution >= 4 is 17.8 Å². The number of ether oxygens (including phenoxy) is 1. The van der Waals surface area contributed by atoms with Crippen LogP contribution in [0.4, 0.5) is 0 Å². The van der Waals surface area contributed by atoms with Crippen molar-refractivity contribution in [2.45, 2.75) is 31.2 Å². The monoisotopic (exact) mass is 410 g/mol. The van der Waals surface area contributed by atoms with Crippen LogP contribution in [0.25, 0.3) is 0 Å². The van der Waals surface area contributed by atoms with Crippen molar-refractivity contribution in [3.05, 3.63) is 66.2 Å². The van der Waals surface area contributed by atoms with E-state index in [0.29, 0.717) is 26.0 Å². The molecule has 7 heteroatoms. The third-order valence-electron chi connectivity index (χ3n) is 5.17. The molecule has 1 fully saturated rings. The van der Waals surface area contributed by atoms with Crippen LogP contribution in [0.15, 0.2) is 60.7 Å². The molecule has 2 atom stereocenters. The SMILES string of the molecule is O=C(CCCOc1ccccc1)NCC(=O)N1CC(c2ccccc2)C[C@@H]1C(=O)O. The first kappa shape index (κ1) is 21.4. The van der Waals surface area contributed by atoms with Gasteiger partial charge in [0.25, 0.3) is 0 Å². The molecule has 1 aliphatic heterocycles.